The van der Waals surface area contributed by atoms with Gasteiger partial charge in [0.2, 0.25) is 0 Å². The maximum absolute atomic E-state index is 12.5. The minimum absolute atomic E-state index is 0.0215. The summed E-state index contributed by atoms with van der Waals surface area (Å²) in [5, 5.41) is 1.85. The van der Waals surface area contributed by atoms with Crippen LogP contribution in [-0.4, -0.2) is 4.40 Å². The monoisotopic (exact) mass is 247 g/mol. The minimum atomic E-state index is -0.0553. The van der Waals surface area contributed by atoms with E-state index in [0.29, 0.717) is 21.7 Å². The molecule has 0 saturated heterocycles. The van der Waals surface area contributed by atoms with Crippen LogP contribution in [0.3, 0.4) is 0 Å². The number of para-hydroxylation sites is 2. The van der Waals surface area contributed by atoms with Crippen LogP contribution in [-0.2, 0) is 0 Å². The Hall–Kier alpha value is -2.68. The SMILES string of the molecule is O=c1ccn2c3ccccc3c(=O)c3cccc1c32. The second-order valence-corrected chi connectivity index (χ2v) is 4.60. The molecule has 2 aromatic carbocycles. The van der Waals surface area contributed by atoms with Crippen LogP contribution in [0.15, 0.2) is 64.3 Å². The van der Waals surface area contributed by atoms with E-state index in [9.17, 15) is 9.59 Å². The highest BCUT2D eigenvalue weighted by molar-refractivity contribution is 6.01. The molecular formula is C16H9NO2. The van der Waals surface area contributed by atoms with Crippen molar-refractivity contribution in [2.75, 3.05) is 0 Å². The van der Waals surface area contributed by atoms with E-state index in [2.05, 4.69) is 0 Å². The number of aromatic nitrogens is 1. The van der Waals surface area contributed by atoms with E-state index >= 15 is 0 Å². The van der Waals surface area contributed by atoms with Gasteiger partial charge in [0.15, 0.2) is 10.9 Å². The molecule has 0 atom stereocenters. The molecule has 2 aromatic heterocycles. The molecule has 4 aromatic rings. The van der Waals surface area contributed by atoms with Gasteiger partial charge in [-0.2, -0.15) is 0 Å². The summed E-state index contributed by atoms with van der Waals surface area (Å²) in [7, 11) is 0. The number of rotatable bonds is 0. The second kappa shape index (κ2) is 3.42. The van der Waals surface area contributed by atoms with Crippen LogP contribution in [0.2, 0.25) is 0 Å². The summed E-state index contributed by atoms with van der Waals surface area (Å²) in [5.74, 6) is 0. The third-order valence-corrected chi connectivity index (χ3v) is 3.57. The molecule has 0 unspecified atom stereocenters. The molecule has 2 heterocycles. The lowest BCUT2D eigenvalue weighted by atomic mass is 10.1. The van der Waals surface area contributed by atoms with E-state index in [-0.39, 0.29) is 10.9 Å². The van der Waals surface area contributed by atoms with Crippen LogP contribution in [0.4, 0.5) is 0 Å². The van der Waals surface area contributed by atoms with Gasteiger partial charge < -0.3 is 4.40 Å². The predicted octanol–water partition coefficient (Wildman–Crippen LogP) is 2.40. The summed E-state index contributed by atoms with van der Waals surface area (Å²) in [5.41, 5.74) is 1.46. The zero-order valence-electron chi connectivity index (χ0n) is 9.96. The van der Waals surface area contributed by atoms with E-state index in [1.807, 2.05) is 28.7 Å². The van der Waals surface area contributed by atoms with Gasteiger partial charge in [-0.3, -0.25) is 9.59 Å². The topological polar surface area (TPSA) is 38.5 Å². The van der Waals surface area contributed by atoms with Crippen molar-refractivity contribution in [3.05, 3.63) is 75.2 Å². The molecule has 0 spiro atoms. The fraction of sp³-hybridized carbons (Fsp3) is 0. The molecule has 4 rings (SSSR count). The Morgan fingerprint density at radius 1 is 0.737 bits per heavy atom. The lowest BCUT2D eigenvalue weighted by Crippen LogP contribution is -2.11. The molecule has 3 heteroatoms. The first kappa shape index (κ1) is 10.3. The average Bonchev–Trinajstić information content (AvgIpc) is 2.46. The number of pyridine rings is 2. The first-order valence-corrected chi connectivity index (χ1v) is 6.06. The highest BCUT2D eigenvalue weighted by Crippen LogP contribution is 2.20. The lowest BCUT2D eigenvalue weighted by Gasteiger charge is -2.09. The zero-order valence-corrected chi connectivity index (χ0v) is 9.96. The molecule has 90 valence electrons. The van der Waals surface area contributed by atoms with Gasteiger partial charge in [0.05, 0.1) is 11.0 Å². The molecule has 0 saturated carbocycles. The molecule has 3 nitrogen and oxygen atoms in total. The van der Waals surface area contributed by atoms with Crippen molar-refractivity contribution in [2.24, 2.45) is 0 Å². The van der Waals surface area contributed by atoms with Crippen LogP contribution in [0, 0.1) is 0 Å². The Balaban J connectivity index is 2.55. The normalized spacial score (nSPS) is 11.6. The summed E-state index contributed by atoms with van der Waals surface area (Å²) in [6, 6.07) is 14.3. The maximum atomic E-state index is 12.5. The quantitative estimate of drug-likeness (QED) is 0.353. The average molecular weight is 247 g/mol. The van der Waals surface area contributed by atoms with Crippen molar-refractivity contribution < 1.29 is 0 Å². The van der Waals surface area contributed by atoms with Gasteiger partial charge in [-0.05, 0) is 24.3 Å². The van der Waals surface area contributed by atoms with Gasteiger partial charge in [-0.25, -0.2) is 0 Å². The largest absolute Gasteiger partial charge is 0.315 e. The summed E-state index contributed by atoms with van der Waals surface area (Å²) in [6.45, 7) is 0. The van der Waals surface area contributed by atoms with E-state index < -0.39 is 0 Å². The standard InChI is InChI=1S/C16H9NO2/c18-14-8-9-17-13-7-2-1-4-10(13)16(19)12-6-3-5-11(14)15(12)17/h1-9H. The Labute approximate surface area is 107 Å². The van der Waals surface area contributed by atoms with E-state index in [1.165, 1.54) is 0 Å². The van der Waals surface area contributed by atoms with Crippen LogP contribution >= 0.6 is 0 Å². The van der Waals surface area contributed by atoms with Crippen molar-refractivity contribution in [3.8, 4) is 0 Å². The van der Waals surface area contributed by atoms with E-state index in [0.717, 1.165) is 5.52 Å². The molecule has 0 N–H and O–H groups in total. The number of nitrogens with zero attached hydrogens (tertiary/aromatic N) is 1. The number of benzene rings is 2. The molecule has 0 radical (unpaired) electrons. The van der Waals surface area contributed by atoms with Crippen LogP contribution in [0.25, 0.3) is 27.2 Å². The summed E-state index contributed by atoms with van der Waals surface area (Å²) in [4.78, 5) is 24.4. The molecular weight excluding hydrogens is 238 g/mol. The van der Waals surface area contributed by atoms with Crippen molar-refractivity contribution >= 4 is 27.2 Å². The molecule has 0 aliphatic rings. The number of hydrogen-bond donors (Lipinski definition) is 0. The van der Waals surface area contributed by atoms with E-state index in [4.69, 9.17) is 0 Å². The van der Waals surface area contributed by atoms with Crippen molar-refractivity contribution in [1.82, 2.24) is 4.40 Å². The highest BCUT2D eigenvalue weighted by Gasteiger charge is 2.11. The Bertz CT molecular complexity index is 1050. The van der Waals surface area contributed by atoms with Gasteiger partial charge >= 0.3 is 0 Å². The predicted molar refractivity (Wildman–Crippen MR) is 76.1 cm³/mol. The fourth-order valence-corrected chi connectivity index (χ4v) is 2.71. The maximum Gasteiger partial charge on any atom is 0.197 e. The minimum Gasteiger partial charge on any atom is -0.315 e. The third-order valence-electron chi connectivity index (χ3n) is 3.57. The van der Waals surface area contributed by atoms with Crippen molar-refractivity contribution in [2.45, 2.75) is 0 Å². The van der Waals surface area contributed by atoms with Crippen molar-refractivity contribution in [3.63, 3.8) is 0 Å². The van der Waals surface area contributed by atoms with Gasteiger partial charge in [0.1, 0.15) is 0 Å². The summed E-state index contributed by atoms with van der Waals surface area (Å²) >= 11 is 0. The van der Waals surface area contributed by atoms with Crippen LogP contribution in [0.1, 0.15) is 0 Å². The second-order valence-electron chi connectivity index (χ2n) is 4.60. The smallest absolute Gasteiger partial charge is 0.197 e. The Morgan fingerprint density at radius 3 is 2.37 bits per heavy atom. The molecule has 0 fully saturated rings. The van der Waals surface area contributed by atoms with Gasteiger partial charge in [0.25, 0.3) is 0 Å². The van der Waals surface area contributed by atoms with Crippen LogP contribution < -0.4 is 10.9 Å². The zero-order chi connectivity index (χ0) is 13.0. The number of hydrogen-bond acceptors (Lipinski definition) is 2. The van der Waals surface area contributed by atoms with Crippen molar-refractivity contribution in [1.29, 1.82) is 0 Å². The first-order chi connectivity index (χ1) is 9.27. The number of fused-ring (bicyclic) bond motifs is 2. The molecule has 0 amide bonds. The van der Waals surface area contributed by atoms with Crippen LogP contribution in [0.5, 0.6) is 0 Å². The van der Waals surface area contributed by atoms with Gasteiger partial charge in [-0.1, -0.05) is 18.2 Å². The lowest BCUT2D eigenvalue weighted by molar-refractivity contribution is 1.23. The molecule has 0 aliphatic carbocycles. The summed E-state index contributed by atoms with van der Waals surface area (Å²) in [6.07, 6.45) is 1.74. The third kappa shape index (κ3) is 1.21. The first-order valence-electron chi connectivity index (χ1n) is 6.06. The van der Waals surface area contributed by atoms with Gasteiger partial charge in [-0.15, -0.1) is 0 Å². The highest BCUT2D eigenvalue weighted by atomic mass is 16.1. The molecule has 0 bridgehead atoms. The Morgan fingerprint density at radius 2 is 1.47 bits per heavy atom. The van der Waals surface area contributed by atoms with Gasteiger partial charge in [0, 0.05) is 28.4 Å². The fourth-order valence-electron chi connectivity index (χ4n) is 2.71. The molecule has 19 heavy (non-hydrogen) atoms. The molecule has 0 aliphatic heterocycles. The Kier molecular flexibility index (Phi) is 1.85. The van der Waals surface area contributed by atoms with E-state index in [1.54, 1.807) is 30.5 Å². The summed E-state index contributed by atoms with van der Waals surface area (Å²) < 4.78 is 1.92.